The minimum atomic E-state index is -3.82. The van der Waals surface area contributed by atoms with Gasteiger partial charge in [0.2, 0.25) is 0 Å². The minimum absolute atomic E-state index is 0.0612. The Morgan fingerprint density at radius 3 is 2.46 bits per heavy atom. The number of nitrogens with zero attached hydrogens (tertiary/aromatic N) is 3. The second-order valence-corrected chi connectivity index (χ2v) is 8.02. The fraction of sp³-hybridized carbons (Fsp3) is 0.0625. The first-order chi connectivity index (χ1) is 12.3. The van der Waals surface area contributed by atoms with Crippen molar-refractivity contribution < 1.29 is 13.3 Å². The number of rotatable bonds is 5. The molecule has 0 bridgehead atoms. The standard InChI is InChI=1S/C16H13BrN4O4S/c1-11-9-16(19-26(24,25)15-4-2-3-12(17)10-15)20(18-11)13-5-7-14(8-6-13)21(22)23/h2-10,19H,1H3. The molecule has 3 aromatic rings. The Bertz CT molecular complexity index is 1080. The van der Waals surface area contributed by atoms with Crippen molar-refractivity contribution in [3.8, 4) is 5.69 Å². The van der Waals surface area contributed by atoms with Crippen molar-refractivity contribution in [3.63, 3.8) is 0 Å². The Balaban J connectivity index is 1.98. The lowest BCUT2D eigenvalue weighted by atomic mass is 10.3. The molecule has 3 rings (SSSR count). The van der Waals surface area contributed by atoms with Crippen LogP contribution in [0.2, 0.25) is 0 Å². The summed E-state index contributed by atoms with van der Waals surface area (Å²) in [5.41, 5.74) is 1.03. The van der Waals surface area contributed by atoms with Gasteiger partial charge >= 0.3 is 0 Å². The van der Waals surface area contributed by atoms with Gasteiger partial charge in [-0.05, 0) is 37.3 Å². The van der Waals surface area contributed by atoms with Crippen LogP contribution in [0.5, 0.6) is 0 Å². The van der Waals surface area contributed by atoms with E-state index < -0.39 is 14.9 Å². The maximum atomic E-state index is 12.6. The van der Waals surface area contributed by atoms with E-state index in [9.17, 15) is 18.5 Å². The summed E-state index contributed by atoms with van der Waals surface area (Å²) in [5, 5.41) is 15.0. The number of sulfonamides is 1. The van der Waals surface area contributed by atoms with E-state index in [0.717, 1.165) is 0 Å². The highest BCUT2D eigenvalue weighted by Gasteiger charge is 2.18. The summed E-state index contributed by atoms with van der Waals surface area (Å²) < 4.78 is 29.8. The molecule has 0 spiro atoms. The lowest BCUT2D eigenvalue weighted by Crippen LogP contribution is -2.16. The van der Waals surface area contributed by atoms with Crippen LogP contribution in [0, 0.1) is 17.0 Å². The van der Waals surface area contributed by atoms with Gasteiger partial charge in [-0.25, -0.2) is 13.1 Å². The van der Waals surface area contributed by atoms with Crippen LogP contribution < -0.4 is 4.72 Å². The van der Waals surface area contributed by atoms with E-state index in [0.29, 0.717) is 15.9 Å². The highest BCUT2D eigenvalue weighted by molar-refractivity contribution is 9.10. The molecule has 0 aliphatic rings. The van der Waals surface area contributed by atoms with Crippen molar-refractivity contribution in [1.29, 1.82) is 0 Å². The SMILES string of the molecule is Cc1cc(NS(=O)(=O)c2cccc(Br)c2)n(-c2ccc([N+](=O)[O-])cc2)n1. The van der Waals surface area contributed by atoms with Crippen LogP contribution in [0.3, 0.4) is 0 Å². The molecule has 1 N–H and O–H groups in total. The first kappa shape index (κ1) is 18.1. The van der Waals surface area contributed by atoms with Crippen LogP contribution in [-0.4, -0.2) is 23.1 Å². The van der Waals surface area contributed by atoms with Gasteiger partial charge in [0.05, 0.1) is 21.2 Å². The van der Waals surface area contributed by atoms with Crippen molar-refractivity contribution >= 4 is 37.5 Å². The summed E-state index contributed by atoms with van der Waals surface area (Å²) in [7, 11) is -3.82. The number of nitro benzene ring substituents is 1. The molecule has 0 saturated heterocycles. The molecule has 10 heteroatoms. The third-order valence-corrected chi connectivity index (χ3v) is 5.33. The number of non-ortho nitro benzene ring substituents is 1. The molecule has 1 aromatic heterocycles. The zero-order chi connectivity index (χ0) is 18.9. The Labute approximate surface area is 157 Å². The minimum Gasteiger partial charge on any atom is -0.263 e. The molecular weight excluding hydrogens is 424 g/mol. The zero-order valence-electron chi connectivity index (χ0n) is 13.5. The molecule has 0 unspecified atom stereocenters. The number of nitrogens with one attached hydrogen (secondary N) is 1. The van der Waals surface area contributed by atoms with E-state index in [1.165, 1.54) is 41.1 Å². The summed E-state index contributed by atoms with van der Waals surface area (Å²) in [6.45, 7) is 1.72. The second-order valence-electron chi connectivity index (χ2n) is 5.42. The predicted molar refractivity (Wildman–Crippen MR) is 99.9 cm³/mol. The van der Waals surface area contributed by atoms with Crippen LogP contribution in [0.15, 0.2) is 64.0 Å². The van der Waals surface area contributed by atoms with Gasteiger partial charge in [0, 0.05) is 22.7 Å². The lowest BCUT2D eigenvalue weighted by Gasteiger charge is -2.11. The summed E-state index contributed by atoms with van der Waals surface area (Å²) in [5.74, 6) is 0.233. The number of hydrogen-bond donors (Lipinski definition) is 1. The molecule has 134 valence electrons. The van der Waals surface area contributed by atoms with Gasteiger partial charge in [0.1, 0.15) is 5.82 Å². The molecule has 26 heavy (non-hydrogen) atoms. The second kappa shape index (κ2) is 6.89. The number of halogens is 1. The normalized spacial score (nSPS) is 11.3. The largest absolute Gasteiger partial charge is 0.269 e. The Kier molecular flexibility index (Phi) is 4.79. The maximum absolute atomic E-state index is 12.6. The number of anilines is 1. The van der Waals surface area contributed by atoms with Gasteiger partial charge in [0.15, 0.2) is 0 Å². The smallest absolute Gasteiger partial charge is 0.263 e. The summed E-state index contributed by atoms with van der Waals surface area (Å²) in [6.07, 6.45) is 0. The lowest BCUT2D eigenvalue weighted by molar-refractivity contribution is -0.384. The fourth-order valence-electron chi connectivity index (χ4n) is 2.32. The van der Waals surface area contributed by atoms with Gasteiger partial charge < -0.3 is 0 Å². The van der Waals surface area contributed by atoms with E-state index in [-0.39, 0.29) is 16.4 Å². The number of nitro groups is 1. The van der Waals surface area contributed by atoms with E-state index in [1.54, 1.807) is 25.1 Å². The van der Waals surface area contributed by atoms with Crippen LogP contribution in [0.4, 0.5) is 11.5 Å². The van der Waals surface area contributed by atoms with Crippen LogP contribution in [0.1, 0.15) is 5.69 Å². The van der Waals surface area contributed by atoms with Crippen molar-refractivity contribution in [2.24, 2.45) is 0 Å². The third-order valence-electron chi connectivity index (χ3n) is 3.48. The number of aromatic nitrogens is 2. The van der Waals surface area contributed by atoms with Gasteiger partial charge in [-0.1, -0.05) is 22.0 Å². The highest BCUT2D eigenvalue weighted by atomic mass is 79.9. The molecule has 8 nitrogen and oxygen atoms in total. The third kappa shape index (κ3) is 3.75. The first-order valence-electron chi connectivity index (χ1n) is 7.36. The van der Waals surface area contributed by atoms with E-state index in [4.69, 9.17) is 0 Å². The topological polar surface area (TPSA) is 107 Å². The molecule has 0 radical (unpaired) electrons. The summed E-state index contributed by atoms with van der Waals surface area (Å²) in [4.78, 5) is 10.4. The number of benzene rings is 2. The quantitative estimate of drug-likeness (QED) is 0.484. The average molecular weight is 437 g/mol. The molecule has 2 aromatic carbocycles. The van der Waals surface area contributed by atoms with Gasteiger partial charge in [-0.2, -0.15) is 5.10 Å². The Morgan fingerprint density at radius 2 is 1.85 bits per heavy atom. The van der Waals surface area contributed by atoms with Crippen molar-refractivity contribution in [2.75, 3.05) is 4.72 Å². The van der Waals surface area contributed by atoms with Gasteiger partial charge in [-0.3, -0.25) is 14.8 Å². The van der Waals surface area contributed by atoms with Gasteiger partial charge in [0.25, 0.3) is 15.7 Å². The monoisotopic (exact) mass is 436 g/mol. The van der Waals surface area contributed by atoms with E-state index in [1.807, 2.05) is 0 Å². The van der Waals surface area contributed by atoms with Crippen LogP contribution in [0.25, 0.3) is 5.69 Å². The van der Waals surface area contributed by atoms with Crippen LogP contribution in [-0.2, 0) is 10.0 Å². The fourth-order valence-corrected chi connectivity index (χ4v) is 3.94. The zero-order valence-corrected chi connectivity index (χ0v) is 15.9. The number of aryl methyl sites for hydroxylation is 1. The summed E-state index contributed by atoms with van der Waals surface area (Å²) in [6, 6.07) is 13.6. The van der Waals surface area contributed by atoms with E-state index in [2.05, 4.69) is 25.8 Å². The van der Waals surface area contributed by atoms with Crippen LogP contribution >= 0.6 is 15.9 Å². The van der Waals surface area contributed by atoms with Gasteiger partial charge in [-0.15, -0.1) is 0 Å². The maximum Gasteiger partial charge on any atom is 0.269 e. The highest BCUT2D eigenvalue weighted by Crippen LogP contribution is 2.23. The molecule has 0 amide bonds. The molecular formula is C16H13BrN4O4S. The van der Waals surface area contributed by atoms with Crippen molar-refractivity contribution in [1.82, 2.24) is 9.78 Å². The molecule has 0 atom stereocenters. The van der Waals surface area contributed by atoms with Crippen molar-refractivity contribution in [3.05, 3.63) is 74.9 Å². The molecule has 0 saturated carbocycles. The molecule has 1 heterocycles. The molecule has 0 fully saturated rings. The number of hydrogen-bond acceptors (Lipinski definition) is 5. The van der Waals surface area contributed by atoms with Crippen molar-refractivity contribution in [2.45, 2.75) is 11.8 Å². The average Bonchev–Trinajstić information content (AvgIpc) is 2.94. The molecule has 0 aliphatic heterocycles. The Morgan fingerprint density at radius 1 is 1.15 bits per heavy atom. The molecule has 0 aliphatic carbocycles. The van der Waals surface area contributed by atoms with E-state index >= 15 is 0 Å². The first-order valence-corrected chi connectivity index (χ1v) is 9.64. The summed E-state index contributed by atoms with van der Waals surface area (Å²) >= 11 is 3.25. The predicted octanol–water partition coefficient (Wildman–Crippen LogP) is 3.65. The Hall–Kier alpha value is -2.72.